The standard InChI is InChI=1S/C33H40Cl2N2O2/c1-23(2)21-36-32(39)30(20-25-9-7-6-8-10-25)37(22-26-13-17-28(34)29(35)19-26)31(38)18-14-24-11-15-27(16-12-24)33(3,4)5/h6-13,15-17,19,23,30H,14,18,20-22H2,1-5H3,(H,36,39)/t30-/m1/s1. The lowest BCUT2D eigenvalue weighted by Crippen LogP contribution is -2.51. The molecule has 2 amide bonds. The first-order valence-corrected chi connectivity index (χ1v) is 14.3. The van der Waals surface area contributed by atoms with Gasteiger partial charge in [-0.25, -0.2) is 0 Å². The number of amides is 2. The molecule has 4 nitrogen and oxygen atoms in total. The van der Waals surface area contributed by atoms with Crippen molar-refractivity contribution in [3.63, 3.8) is 0 Å². The van der Waals surface area contributed by atoms with Crippen molar-refractivity contribution in [3.05, 3.63) is 105 Å². The van der Waals surface area contributed by atoms with Gasteiger partial charge in [-0.05, 0) is 52.1 Å². The van der Waals surface area contributed by atoms with Gasteiger partial charge in [-0.1, -0.05) is 118 Å². The summed E-state index contributed by atoms with van der Waals surface area (Å²) in [4.78, 5) is 29.1. The summed E-state index contributed by atoms with van der Waals surface area (Å²) in [5.41, 5.74) is 4.23. The summed E-state index contributed by atoms with van der Waals surface area (Å²) in [6, 6.07) is 22.9. The molecule has 1 N–H and O–H groups in total. The quantitative estimate of drug-likeness (QED) is 0.259. The van der Waals surface area contributed by atoms with E-state index in [2.05, 4.69) is 64.2 Å². The highest BCUT2D eigenvalue weighted by atomic mass is 35.5. The number of nitrogens with one attached hydrogen (secondary N) is 1. The first-order chi connectivity index (χ1) is 18.4. The molecule has 0 radical (unpaired) electrons. The van der Waals surface area contributed by atoms with Crippen molar-refractivity contribution in [2.75, 3.05) is 6.54 Å². The molecule has 0 unspecified atom stereocenters. The van der Waals surface area contributed by atoms with E-state index in [1.807, 2.05) is 36.4 Å². The molecule has 0 saturated carbocycles. The summed E-state index contributed by atoms with van der Waals surface area (Å²) in [6.07, 6.45) is 1.30. The van der Waals surface area contributed by atoms with Crippen LogP contribution < -0.4 is 5.32 Å². The minimum atomic E-state index is -0.670. The fraction of sp³-hybridized carbons (Fsp3) is 0.394. The topological polar surface area (TPSA) is 49.4 Å². The van der Waals surface area contributed by atoms with Crippen molar-refractivity contribution >= 4 is 35.0 Å². The average molecular weight is 568 g/mol. The minimum absolute atomic E-state index is 0.0685. The number of nitrogens with zero attached hydrogens (tertiary/aromatic N) is 1. The number of carbonyl (C=O) groups excluding carboxylic acids is 2. The highest BCUT2D eigenvalue weighted by Crippen LogP contribution is 2.25. The zero-order valence-corrected chi connectivity index (χ0v) is 25.1. The molecule has 3 aromatic carbocycles. The maximum absolute atomic E-state index is 13.9. The molecule has 0 spiro atoms. The Bertz CT molecular complexity index is 1230. The second kappa shape index (κ2) is 14.0. The van der Waals surface area contributed by atoms with E-state index >= 15 is 0 Å². The SMILES string of the molecule is CC(C)CNC(=O)[C@@H](Cc1ccccc1)N(Cc1ccc(Cl)c(Cl)c1)C(=O)CCc1ccc(C(C)(C)C)cc1. The van der Waals surface area contributed by atoms with Gasteiger partial charge in [-0.15, -0.1) is 0 Å². The summed E-state index contributed by atoms with van der Waals surface area (Å²) in [5, 5.41) is 3.93. The van der Waals surface area contributed by atoms with E-state index in [0.717, 1.165) is 16.7 Å². The molecule has 0 aliphatic rings. The third-order valence-corrected chi connectivity index (χ3v) is 7.48. The predicted octanol–water partition coefficient (Wildman–Crippen LogP) is 7.64. The Morgan fingerprint density at radius 2 is 1.49 bits per heavy atom. The van der Waals surface area contributed by atoms with Crippen LogP contribution in [0, 0.1) is 5.92 Å². The first kappa shape index (κ1) is 30.7. The Kier molecular flexibility index (Phi) is 11.0. The highest BCUT2D eigenvalue weighted by Gasteiger charge is 2.30. The average Bonchev–Trinajstić information content (AvgIpc) is 2.90. The van der Waals surface area contributed by atoms with Crippen molar-refractivity contribution in [1.82, 2.24) is 10.2 Å². The van der Waals surface area contributed by atoms with Gasteiger partial charge in [0.15, 0.2) is 0 Å². The van der Waals surface area contributed by atoms with E-state index in [9.17, 15) is 9.59 Å². The summed E-state index contributed by atoms with van der Waals surface area (Å²) < 4.78 is 0. The molecule has 0 bridgehead atoms. The number of hydrogen-bond donors (Lipinski definition) is 1. The molecule has 6 heteroatoms. The smallest absolute Gasteiger partial charge is 0.243 e. The molecule has 0 heterocycles. The van der Waals surface area contributed by atoms with Gasteiger partial charge in [-0.2, -0.15) is 0 Å². The van der Waals surface area contributed by atoms with Crippen molar-refractivity contribution in [2.45, 2.75) is 71.9 Å². The number of benzene rings is 3. The van der Waals surface area contributed by atoms with Crippen LogP contribution in [0.3, 0.4) is 0 Å². The fourth-order valence-electron chi connectivity index (χ4n) is 4.38. The predicted molar refractivity (Wildman–Crippen MR) is 162 cm³/mol. The Hall–Kier alpha value is -2.82. The van der Waals surface area contributed by atoms with Crippen molar-refractivity contribution < 1.29 is 9.59 Å². The number of aryl methyl sites for hydroxylation is 1. The van der Waals surface area contributed by atoms with Gasteiger partial charge in [0.25, 0.3) is 0 Å². The highest BCUT2D eigenvalue weighted by molar-refractivity contribution is 6.42. The Morgan fingerprint density at radius 1 is 0.846 bits per heavy atom. The van der Waals surface area contributed by atoms with Crippen LogP contribution in [0.4, 0.5) is 0 Å². The maximum atomic E-state index is 13.9. The van der Waals surface area contributed by atoms with E-state index in [0.29, 0.717) is 41.8 Å². The van der Waals surface area contributed by atoms with Gasteiger partial charge in [0.2, 0.25) is 11.8 Å². The van der Waals surface area contributed by atoms with Crippen LogP contribution in [0.25, 0.3) is 0 Å². The molecule has 0 aromatic heterocycles. The zero-order valence-electron chi connectivity index (χ0n) is 23.6. The minimum Gasteiger partial charge on any atom is -0.354 e. The van der Waals surface area contributed by atoms with Gasteiger partial charge < -0.3 is 10.2 Å². The van der Waals surface area contributed by atoms with Crippen LogP contribution in [0.15, 0.2) is 72.8 Å². The second-order valence-electron chi connectivity index (χ2n) is 11.6. The van der Waals surface area contributed by atoms with Crippen LogP contribution in [-0.2, 0) is 34.4 Å². The number of halogens is 2. The Labute approximate surface area is 243 Å². The lowest BCUT2D eigenvalue weighted by molar-refractivity contribution is -0.141. The van der Waals surface area contributed by atoms with Crippen LogP contribution >= 0.6 is 23.2 Å². The number of carbonyl (C=O) groups is 2. The van der Waals surface area contributed by atoms with E-state index < -0.39 is 6.04 Å². The summed E-state index contributed by atoms with van der Waals surface area (Å²) in [7, 11) is 0. The largest absolute Gasteiger partial charge is 0.354 e. The zero-order chi connectivity index (χ0) is 28.6. The normalized spacial score (nSPS) is 12.3. The van der Waals surface area contributed by atoms with Crippen molar-refractivity contribution in [3.8, 4) is 0 Å². The van der Waals surface area contributed by atoms with Crippen molar-refractivity contribution in [1.29, 1.82) is 0 Å². The third-order valence-electron chi connectivity index (χ3n) is 6.74. The summed E-state index contributed by atoms with van der Waals surface area (Å²) in [5.74, 6) is 0.0544. The van der Waals surface area contributed by atoms with Crippen LogP contribution in [0.1, 0.15) is 63.3 Å². The van der Waals surface area contributed by atoms with Gasteiger partial charge in [0.05, 0.1) is 10.0 Å². The molecule has 3 rings (SSSR count). The van der Waals surface area contributed by atoms with Crippen LogP contribution in [-0.4, -0.2) is 29.3 Å². The number of hydrogen-bond acceptors (Lipinski definition) is 2. The molecule has 0 aliphatic carbocycles. The number of rotatable bonds is 11. The molecule has 39 heavy (non-hydrogen) atoms. The molecule has 0 saturated heterocycles. The third kappa shape index (κ3) is 9.40. The molecule has 208 valence electrons. The molecule has 0 aliphatic heterocycles. The Balaban J connectivity index is 1.90. The van der Waals surface area contributed by atoms with E-state index in [4.69, 9.17) is 23.2 Å². The molecule has 0 fully saturated rings. The maximum Gasteiger partial charge on any atom is 0.243 e. The van der Waals surface area contributed by atoms with E-state index in [1.165, 1.54) is 5.56 Å². The van der Waals surface area contributed by atoms with Gasteiger partial charge in [-0.3, -0.25) is 9.59 Å². The monoisotopic (exact) mass is 566 g/mol. The summed E-state index contributed by atoms with van der Waals surface area (Å²) in [6.45, 7) is 11.5. The van der Waals surface area contributed by atoms with Crippen LogP contribution in [0.2, 0.25) is 10.0 Å². The fourth-order valence-corrected chi connectivity index (χ4v) is 4.70. The van der Waals surface area contributed by atoms with Crippen LogP contribution in [0.5, 0.6) is 0 Å². The molecular formula is C33H40Cl2N2O2. The summed E-state index contributed by atoms with van der Waals surface area (Å²) >= 11 is 12.5. The molecular weight excluding hydrogens is 527 g/mol. The van der Waals surface area contributed by atoms with Gasteiger partial charge in [0, 0.05) is 25.9 Å². The first-order valence-electron chi connectivity index (χ1n) is 13.6. The van der Waals surface area contributed by atoms with Gasteiger partial charge >= 0.3 is 0 Å². The van der Waals surface area contributed by atoms with Crippen molar-refractivity contribution in [2.24, 2.45) is 5.92 Å². The molecule has 1 atom stereocenters. The van der Waals surface area contributed by atoms with Gasteiger partial charge in [0.1, 0.15) is 6.04 Å². The lowest BCUT2D eigenvalue weighted by atomic mass is 9.86. The Morgan fingerprint density at radius 3 is 2.08 bits per heavy atom. The van der Waals surface area contributed by atoms with E-state index in [-0.39, 0.29) is 23.8 Å². The second-order valence-corrected chi connectivity index (χ2v) is 12.4. The molecule has 3 aromatic rings. The van der Waals surface area contributed by atoms with E-state index in [1.54, 1.807) is 17.0 Å². The lowest BCUT2D eigenvalue weighted by Gasteiger charge is -2.32.